The standard InChI is InChI=1S/C22H44O2.Na.H2O4S/c1-2-3-4-5-6-7-8-9-10-11-12-13-14-15-16-17-18-19-20-21-22(23)24;;1-5(2,3)4/h2-21H2,1H3,(H,23,24);;(H2,1,2,3,4)/q;+1;/p-1. The van der Waals surface area contributed by atoms with Gasteiger partial charge in [0.05, 0.1) is 0 Å². The summed E-state index contributed by atoms with van der Waals surface area (Å²) in [5.41, 5.74) is 0. The van der Waals surface area contributed by atoms with Crippen molar-refractivity contribution >= 4 is 16.4 Å². The van der Waals surface area contributed by atoms with Crippen LogP contribution in [0.25, 0.3) is 0 Å². The summed E-state index contributed by atoms with van der Waals surface area (Å²) >= 11 is 0. The van der Waals surface area contributed by atoms with Crippen molar-refractivity contribution in [2.45, 2.75) is 135 Å². The maximum absolute atomic E-state index is 10.4. The molecule has 0 saturated carbocycles. The average molecular weight is 461 g/mol. The summed E-state index contributed by atoms with van der Waals surface area (Å²) in [6, 6.07) is 0. The minimum absolute atomic E-state index is 0. The monoisotopic (exact) mass is 460 g/mol. The molecule has 0 amide bonds. The number of aliphatic carboxylic acids is 1. The van der Waals surface area contributed by atoms with E-state index in [4.69, 9.17) is 22.6 Å². The zero-order valence-corrected chi connectivity index (χ0v) is 22.4. The Morgan fingerprint density at radius 3 is 1.03 bits per heavy atom. The maximum atomic E-state index is 10.4. The van der Waals surface area contributed by atoms with Gasteiger partial charge < -0.3 is 9.66 Å². The van der Waals surface area contributed by atoms with Gasteiger partial charge in [-0.15, -0.1) is 0 Å². The zero-order valence-electron chi connectivity index (χ0n) is 19.6. The van der Waals surface area contributed by atoms with Crippen LogP contribution in [0, 0.1) is 0 Å². The van der Waals surface area contributed by atoms with Crippen LogP contribution in [0.15, 0.2) is 0 Å². The normalized spacial score (nSPS) is 10.8. The van der Waals surface area contributed by atoms with Crippen molar-refractivity contribution in [3.8, 4) is 0 Å². The van der Waals surface area contributed by atoms with Gasteiger partial charge in [-0.3, -0.25) is 9.35 Å². The van der Waals surface area contributed by atoms with Crippen molar-refractivity contribution in [1.29, 1.82) is 0 Å². The molecule has 0 aromatic carbocycles. The van der Waals surface area contributed by atoms with Gasteiger partial charge in [-0.2, -0.15) is 0 Å². The molecule has 0 fully saturated rings. The minimum Gasteiger partial charge on any atom is -0.726 e. The minimum atomic E-state index is -4.92. The number of unbranched alkanes of at least 4 members (excludes halogenated alkanes) is 18. The van der Waals surface area contributed by atoms with E-state index in [1.165, 1.54) is 109 Å². The summed E-state index contributed by atoms with van der Waals surface area (Å²) in [6.45, 7) is 2.28. The molecule has 0 bridgehead atoms. The van der Waals surface area contributed by atoms with Crippen LogP contribution >= 0.6 is 0 Å². The quantitative estimate of drug-likeness (QED) is 0.123. The zero-order chi connectivity index (χ0) is 22.2. The smallest absolute Gasteiger partial charge is 0.726 e. The molecule has 8 heteroatoms. The third kappa shape index (κ3) is 46.5. The molecule has 2 N–H and O–H groups in total. The topological polar surface area (TPSA) is 115 Å². The molecule has 0 radical (unpaired) electrons. The first-order valence-corrected chi connectivity index (χ1v) is 13.0. The molecule has 0 heterocycles. The van der Waals surface area contributed by atoms with Crippen molar-refractivity contribution in [3.05, 3.63) is 0 Å². The van der Waals surface area contributed by atoms with Gasteiger partial charge in [0, 0.05) is 6.42 Å². The van der Waals surface area contributed by atoms with E-state index in [0.29, 0.717) is 6.42 Å². The van der Waals surface area contributed by atoms with Crippen LogP contribution in [-0.2, 0) is 15.2 Å². The molecular formula is C22H45NaO6S. The third-order valence-corrected chi connectivity index (χ3v) is 4.99. The molecule has 176 valence electrons. The predicted octanol–water partition coefficient (Wildman–Crippen LogP) is 3.90. The first kappa shape index (κ1) is 34.9. The summed E-state index contributed by atoms with van der Waals surface area (Å²) in [7, 11) is -4.92. The van der Waals surface area contributed by atoms with Gasteiger partial charge >= 0.3 is 35.5 Å². The van der Waals surface area contributed by atoms with E-state index < -0.39 is 16.4 Å². The van der Waals surface area contributed by atoms with Crippen LogP contribution in [0.4, 0.5) is 0 Å². The van der Waals surface area contributed by atoms with Gasteiger partial charge in [0.1, 0.15) is 0 Å². The van der Waals surface area contributed by atoms with Gasteiger partial charge in [-0.1, -0.05) is 122 Å². The number of carboxylic acid groups (broad SMARTS) is 1. The Morgan fingerprint density at radius 2 is 0.833 bits per heavy atom. The number of hydrogen-bond donors (Lipinski definition) is 2. The molecule has 0 atom stereocenters. The number of carboxylic acids is 1. The number of carbonyl (C=O) groups is 1. The molecule has 0 spiro atoms. The Bertz CT molecular complexity index is 435. The second-order valence-corrected chi connectivity index (χ2v) is 8.79. The summed E-state index contributed by atoms with van der Waals surface area (Å²) in [4.78, 5) is 10.4. The third-order valence-electron chi connectivity index (χ3n) is 4.99. The van der Waals surface area contributed by atoms with Crippen LogP contribution in [0.2, 0.25) is 0 Å². The summed E-state index contributed by atoms with van der Waals surface area (Å²) < 4.78 is 32.8. The average Bonchev–Trinajstić information content (AvgIpc) is 2.62. The Kier molecular flexibility index (Phi) is 31.9. The second kappa shape index (κ2) is 27.4. The van der Waals surface area contributed by atoms with E-state index in [2.05, 4.69) is 6.92 Å². The van der Waals surface area contributed by atoms with Gasteiger partial charge in [0.2, 0.25) is 10.4 Å². The van der Waals surface area contributed by atoms with E-state index in [1.807, 2.05) is 0 Å². The first-order valence-electron chi connectivity index (χ1n) is 11.7. The number of rotatable bonds is 20. The first-order chi connectivity index (χ1) is 13.8. The van der Waals surface area contributed by atoms with Gasteiger partial charge in [0.15, 0.2) is 0 Å². The SMILES string of the molecule is CCCCCCCCCCCCCCCCCCCCCC(=O)O.O=S(=O)([O-])O.[Na+]. The maximum Gasteiger partial charge on any atom is 1.00 e. The van der Waals surface area contributed by atoms with Crippen molar-refractivity contribution in [1.82, 2.24) is 0 Å². The number of hydrogen-bond acceptors (Lipinski definition) is 4. The largest absolute Gasteiger partial charge is 1.00 e. The molecule has 0 aromatic rings. The molecule has 0 unspecified atom stereocenters. The van der Waals surface area contributed by atoms with Crippen LogP contribution < -0.4 is 29.6 Å². The molecule has 0 saturated heterocycles. The predicted molar refractivity (Wildman–Crippen MR) is 118 cm³/mol. The Morgan fingerprint density at radius 1 is 0.633 bits per heavy atom. The molecule has 6 nitrogen and oxygen atoms in total. The van der Waals surface area contributed by atoms with E-state index in [-0.39, 0.29) is 29.6 Å². The van der Waals surface area contributed by atoms with Gasteiger partial charge in [-0.05, 0) is 6.42 Å². The molecule has 0 aromatic heterocycles. The van der Waals surface area contributed by atoms with Gasteiger partial charge in [0.25, 0.3) is 0 Å². The van der Waals surface area contributed by atoms with Crippen LogP contribution in [0.1, 0.15) is 135 Å². The summed E-state index contributed by atoms with van der Waals surface area (Å²) in [5, 5.41) is 8.56. The fourth-order valence-corrected chi connectivity index (χ4v) is 3.35. The summed E-state index contributed by atoms with van der Waals surface area (Å²) in [5.74, 6) is -0.651. The van der Waals surface area contributed by atoms with E-state index in [1.54, 1.807) is 0 Å². The van der Waals surface area contributed by atoms with E-state index in [0.717, 1.165) is 12.8 Å². The van der Waals surface area contributed by atoms with Crippen molar-refractivity contribution in [2.24, 2.45) is 0 Å². The van der Waals surface area contributed by atoms with Gasteiger partial charge in [-0.25, -0.2) is 8.42 Å². The molecule has 0 aliphatic rings. The van der Waals surface area contributed by atoms with Crippen molar-refractivity contribution < 1.29 is 57.0 Å². The molecule has 0 aliphatic carbocycles. The van der Waals surface area contributed by atoms with Crippen molar-refractivity contribution in [2.75, 3.05) is 0 Å². The van der Waals surface area contributed by atoms with Crippen LogP contribution in [0.5, 0.6) is 0 Å². The Labute approximate surface area is 207 Å². The van der Waals surface area contributed by atoms with Crippen LogP contribution in [-0.4, -0.2) is 28.6 Å². The fourth-order valence-electron chi connectivity index (χ4n) is 3.35. The molecular weight excluding hydrogens is 415 g/mol. The summed E-state index contributed by atoms with van der Waals surface area (Å²) in [6.07, 6.45) is 26.1. The molecule has 0 rings (SSSR count). The van der Waals surface area contributed by atoms with Crippen LogP contribution in [0.3, 0.4) is 0 Å². The second-order valence-electron chi connectivity index (χ2n) is 7.94. The molecule has 0 aliphatic heterocycles. The van der Waals surface area contributed by atoms with E-state index >= 15 is 0 Å². The van der Waals surface area contributed by atoms with E-state index in [9.17, 15) is 4.79 Å². The Balaban J connectivity index is -0.00000108. The molecule has 30 heavy (non-hydrogen) atoms. The fraction of sp³-hybridized carbons (Fsp3) is 0.955. The van der Waals surface area contributed by atoms with Crippen molar-refractivity contribution in [3.63, 3.8) is 0 Å². The Hall–Kier alpha value is 0.340.